The van der Waals surface area contributed by atoms with Crippen LogP contribution in [-0.2, 0) is 14.3 Å². The Morgan fingerprint density at radius 1 is 1.09 bits per heavy atom. The first-order valence-corrected chi connectivity index (χ1v) is 10.1. The number of halogens is 1. The van der Waals surface area contributed by atoms with Gasteiger partial charge in [-0.05, 0) is 49.6 Å². The van der Waals surface area contributed by atoms with Crippen LogP contribution in [0, 0.1) is 5.82 Å². The summed E-state index contributed by atoms with van der Waals surface area (Å²) >= 11 is 0. The van der Waals surface area contributed by atoms with Gasteiger partial charge in [-0.3, -0.25) is 14.4 Å². The van der Waals surface area contributed by atoms with Gasteiger partial charge < -0.3 is 14.0 Å². The lowest BCUT2D eigenvalue weighted by Gasteiger charge is -2.22. The number of benzene rings is 2. The number of esters is 1. The molecular formula is C25H24FNO5. The summed E-state index contributed by atoms with van der Waals surface area (Å²) in [7, 11) is 2.64. The van der Waals surface area contributed by atoms with Crippen molar-refractivity contribution in [1.29, 1.82) is 0 Å². The SMILES string of the molecule is COC(=O)CC(=O)/C=C/c1c(-c2ccc(F)cc2OC)n(C(C)C)c(=O)c2ccccc12. The summed E-state index contributed by atoms with van der Waals surface area (Å²) in [4.78, 5) is 37.2. The minimum Gasteiger partial charge on any atom is -0.496 e. The zero-order chi connectivity index (χ0) is 23.4. The Morgan fingerprint density at radius 2 is 1.78 bits per heavy atom. The second-order valence-corrected chi connectivity index (χ2v) is 7.47. The predicted molar refractivity (Wildman–Crippen MR) is 121 cm³/mol. The second-order valence-electron chi connectivity index (χ2n) is 7.47. The number of allylic oxidation sites excluding steroid dienone is 1. The molecule has 0 aliphatic heterocycles. The van der Waals surface area contributed by atoms with Gasteiger partial charge in [-0.25, -0.2) is 4.39 Å². The van der Waals surface area contributed by atoms with Crippen LogP contribution in [0.15, 0.2) is 53.3 Å². The first-order chi connectivity index (χ1) is 15.3. The number of carbonyl (C=O) groups excluding carboxylic acids is 2. The maximum atomic E-state index is 13.9. The van der Waals surface area contributed by atoms with Crippen molar-refractivity contribution in [1.82, 2.24) is 4.57 Å². The standard InChI is InChI=1S/C25H24FNO5/c1-15(2)27-24(21-11-9-16(26)13-22(21)31-3)19(12-10-17(28)14-23(29)32-4)18-7-5-6-8-20(18)25(27)30/h5-13,15H,14H2,1-4H3/b12-10+. The monoisotopic (exact) mass is 437 g/mol. The molecule has 1 heterocycles. The molecule has 0 radical (unpaired) electrons. The van der Waals surface area contributed by atoms with E-state index in [0.717, 1.165) is 0 Å². The molecule has 0 spiro atoms. The molecule has 0 amide bonds. The van der Waals surface area contributed by atoms with Crippen molar-refractivity contribution >= 4 is 28.6 Å². The normalized spacial score (nSPS) is 11.3. The van der Waals surface area contributed by atoms with Crippen molar-refractivity contribution in [2.45, 2.75) is 26.3 Å². The third kappa shape index (κ3) is 4.46. The number of pyridine rings is 1. The predicted octanol–water partition coefficient (Wildman–Crippen LogP) is 4.54. The Kier molecular flexibility index (Phi) is 6.88. The summed E-state index contributed by atoms with van der Waals surface area (Å²) in [5.41, 5.74) is 1.36. The average Bonchev–Trinajstić information content (AvgIpc) is 2.77. The third-order valence-electron chi connectivity index (χ3n) is 5.08. The number of nitrogens with zero attached hydrogens (tertiary/aromatic N) is 1. The van der Waals surface area contributed by atoms with Crippen LogP contribution in [0.2, 0.25) is 0 Å². The minimum absolute atomic E-state index is 0.213. The Hall–Kier alpha value is -3.74. The maximum absolute atomic E-state index is 13.9. The maximum Gasteiger partial charge on any atom is 0.313 e. The van der Waals surface area contributed by atoms with Gasteiger partial charge in [-0.15, -0.1) is 0 Å². The summed E-state index contributed by atoms with van der Waals surface area (Å²) in [6.07, 6.45) is 2.46. The molecule has 0 N–H and O–H groups in total. The first kappa shape index (κ1) is 22.9. The lowest BCUT2D eigenvalue weighted by molar-refractivity contribution is -0.142. The summed E-state index contributed by atoms with van der Waals surface area (Å²) in [5, 5.41) is 1.10. The van der Waals surface area contributed by atoms with E-state index in [9.17, 15) is 18.8 Å². The van der Waals surface area contributed by atoms with E-state index in [-0.39, 0.29) is 17.4 Å². The van der Waals surface area contributed by atoms with Gasteiger partial charge in [0, 0.05) is 28.6 Å². The number of aromatic nitrogens is 1. The number of hydrogen-bond donors (Lipinski definition) is 0. The number of ketones is 1. The number of fused-ring (bicyclic) bond motifs is 1. The van der Waals surface area contributed by atoms with E-state index >= 15 is 0 Å². The van der Waals surface area contributed by atoms with Crippen LogP contribution in [0.1, 0.15) is 31.9 Å². The quantitative estimate of drug-likeness (QED) is 0.308. The molecule has 7 heteroatoms. The Bertz CT molecular complexity index is 1270. The first-order valence-electron chi connectivity index (χ1n) is 10.1. The molecule has 3 aromatic rings. The molecule has 0 aliphatic carbocycles. The highest BCUT2D eigenvalue weighted by Crippen LogP contribution is 2.37. The van der Waals surface area contributed by atoms with Crippen LogP contribution in [0.25, 0.3) is 28.1 Å². The fourth-order valence-corrected chi connectivity index (χ4v) is 3.64. The van der Waals surface area contributed by atoms with Crippen molar-refractivity contribution in [3.8, 4) is 17.0 Å². The van der Waals surface area contributed by atoms with Crippen LogP contribution < -0.4 is 10.3 Å². The van der Waals surface area contributed by atoms with Gasteiger partial charge in [0.05, 0.1) is 19.9 Å². The molecule has 166 valence electrons. The Labute approximate surface area is 184 Å². The van der Waals surface area contributed by atoms with Gasteiger partial charge in [-0.1, -0.05) is 18.2 Å². The molecule has 0 unspecified atom stereocenters. The second kappa shape index (κ2) is 9.60. The molecule has 0 saturated heterocycles. The fourth-order valence-electron chi connectivity index (χ4n) is 3.64. The molecule has 3 rings (SSSR count). The molecule has 0 bridgehead atoms. The molecule has 2 aromatic carbocycles. The number of carbonyl (C=O) groups is 2. The number of methoxy groups -OCH3 is 2. The summed E-state index contributed by atoms with van der Waals surface area (Å²) in [5.74, 6) is -1.31. The van der Waals surface area contributed by atoms with E-state index in [0.29, 0.717) is 27.6 Å². The molecule has 32 heavy (non-hydrogen) atoms. The number of rotatable bonds is 7. The molecule has 0 atom stereocenters. The zero-order valence-electron chi connectivity index (χ0n) is 18.3. The van der Waals surface area contributed by atoms with E-state index in [1.165, 1.54) is 32.4 Å². The van der Waals surface area contributed by atoms with Crippen molar-refractivity contribution in [3.05, 3.63) is 70.3 Å². The zero-order valence-corrected chi connectivity index (χ0v) is 18.3. The lowest BCUT2D eigenvalue weighted by Crippen LogP contribution is -2.25. The van der Waals surface area contributed by atoms with Crippen LogP contribution in [-0.4, -0.2) is 30.5 Å². The van der Waals surface area contributed by atoms with Crippen LogP contribution in [0.4, 0.5) is 4.39 Å². The van der Waals surface area contributed by atoms with Gasteiger partial charge >= 0.3 is 5.97 Å². The fraction of sp³-hybridized carbons (Fsp3) is 0.240. The molecule has 0 fully saturated rings. The highest BCUT2D eigenvalue weighted by atomic mass is 19.1. The molecule has 0 aliphatic rings. The number of ether oxygens (including phenoxy) is 2. The topological polar surface area (TPSA) is 74.6 Å². The number of hydrogen-bond acceptors (Lipinski definition) is 5. The summed E-state index contributed by atoms with van der Waals surface area (Å²) < 4.78 is 25.5. The van der Waals surface area contributed by atoms with Gasteiger partial charge in [0.15, 0.2) is 5.78 Å². The van der Waals surface area contributed by atoms with Crippen LogP contribution >= 0.6 is 0 Å². The van der Waals surface area contributed by atoms with Crippen molar-refractivity contribution in [2.24, 2.45) is 0 Å². The third-order valence-corrected chi connectivity index (χ3v) is 5.08. The van der Waals surface area contributed by atoms with Crippen molar-refractivity contribution < 1.29 is 23.5 Å². The lowest BCUT2D eigenvalue weighted by atomic mass is 9.96. The van der Waals surface area contributed by atoms with E-state index in [1.54, 1.807) is 41.0 Å². The van der Waals surface area contributed by atoms with Crippen LogP contribution in [0.3, 0.4) is 0 Å². The molecule has 6 nitrogen and oxygen atoms in total. The van der Waals surface area contributed by atoms with Crippen molar-refractivity contribution in [2.75, 3.05) is 14.2 Å². The van der Waals surface area contributed by atoms with Gasteiger partial charge in [-0.2, -0.15) is 0 Å². The largest absolute Gasteiger partial charge is 0.496 e. The van der Waals surface area contributed by atoms with Crippen LogP contribution in [0.5, 0.6) is 5.75 Å². The van der Waals surface area contributed by atoms with Gasteiger partial charge in [0.1, 0.15) is 18.0 Å². The molecule has 0 saturated carbocycles. The van der Waals surface area contributed by atoms with E-state index in [4.69, 9.17) is 4.74 Å². The Balaban J connectivity index is 2.39. The highest BCUT2D eigenvalue weighted by Gasteiger charge is 2.21. The highest BCUT2D eigenvalue weighted by molar-refractivity contribution is 6.06. The molecule has 1 aromatic heterocycles. The summed E-state index contributed by atoms with van der Waals surface area (Å²) in [6, 6.07) is 10.9. The Morgan fingerprint density at radius 3 is 2.41 bits per heavy atom. The van der Waals surface area contributed by atoms with Gasteiger partial charge in [0.2, 0.25) is 0 Å². The minimum atomic E-state index is -0.642. The average molecular weight is 437 g/mol. The summed E-state index contributed by atoms with van der Waals surface area (Å²) in [6.45, 7) is 3.73. The molecular weight excluding hydrogens is 413 g/mol. The van der Waals surface area contributed by atoms with Gasteiger partial charge in [0.25, 0.3) is 5.56 Å². The van der Waals surface area contributed by atoms with E-state index in [1.807, 2.05) is 13.8 Å². The smallest absolute Gasteiger partial charge is 0.313 e. The van der Waals surface area contributed by atoms with Crippen molar-refractivity contribution in [3.63, 3.8) is 0 Å². The van der Waals surface area contributed by atoms with E-state index < -0.39 is 24.0 Å². The van der Waals surface area contributed by atoms with E-state index in [2.05, 4.69) is 4.74 Å².